The summed E-state index contributed by atoms with van der Waals surface area (Å²) in [5.41, 5.74) is 2.62. The van der Waals surface area contributed by atoms with Gasteiger partial charge >= 0.3 is 0 Å². The molecule has 2 aromatic rings. The zero-order chi connectivity index (χ0) is 15.0. The molecule has 0 atom stereocenters. The van der Waals surface area contributed by atoms with Crippen LogP contribution in [0.5, 0.6) is 0 Å². The third-order valence-electron chi connectivity index (χ3n) is 3.56. The largest absolute Gasteiger partial charge is 0.423 e. The van der Waals surface area contributed by atoms with E-state index >= 15 is 0 Å². The normalized spacial score (nSPS) is 14.2. The molecule has 0 radical (unpaired) electrons. The van der Waals surface area contributed by atoms with E-state index in [1.54, 1.807) is 0 Å². The van der Waals surface area contributed by atoms with Crippen molar-refractivity contribution in [3.8, 4) is 0 Å². The minimum absolute atomic E-state index is 0.130. The number of benzene rings is 1. The van der Waals surface area contributed by atoms with Crippen LogP contribution in [0.25, 0.3) is 0 Å². The zero-order valence-electron chi connectivity index (χ0n) is 11.9. The van der Waals surface area contributed by atoms with Crippen LogP contribution in [0.15, 0.2) is 21.0 Å². The quantitative estimate of drug-likeness (QED) is 0.919. The number of rotatable bonds is 4. The molecule has 1 amide bonds. The van der Waals surface area contributed by atoms with Crippen LogP contribution in [0.1, 0.15) is 52.0 Å². The fraction of sp³-hybridized carbons (Fsp3) is 0.400. The molecule has 1 N–H and O–H groups in total. The molecule has 0 spiro atoms. The van der Waals surface area contributed by atoms with E-state index in [2.05, 4.69) is 31.4 Å². The molecule has 21 heavy (non-hydrogen) atoms. The monoisotopic (exact) mass is 349 g/mol. The number of nitrogens with one attached hydrogen (secondary N) is 1. The van der Waals surface area contributed by atoms with Crippen molar-refractivity contribution in [1.82, 2.24) is 15.5 Å². The highest BCUT2D eigenvalue weighted by Crippen LogP contribution is 2.38. The van der Waals surface area contributed by atoms with Crippen LogP contribution in [0.3, 0.4) is 0 Å². The Hall–Kier alpha value is -1.69. The Balaban J connectivity index is 1.66. The molecule has 1 fully saturated rings. The number of carbonyl (C=O) groups is 1. The number of halogens is 1. The van der Waals surface area contributed by atoms with Crippen LogP contribution in [0, 0.1) is 13.8 Å². The number of amides is 1. The third kappa shape index (κ3) is 3.15. The van der Waals surface area contributed by atoms with Crippen molar-refractivity contribution in [1.29, 1.82) is 0 Å². The second-order valence-corrected chi connectivity index (χ2v) is 6.26. The summed E-state index contributed by atoms with van der Waals surface area (Å²) in [6, 6.07) is 3.82. The van der Waals surface area contributed by atoms with Crippen LogP contribution < -0.4 is 5.32 Å². The molecule has 5 nitrogen and oxygen atoms in total. The van der Waals surface area contributed by atoms with E-state index in [4.69, 9.17) is 4.42 Å². The number of hydrogen-bond donors (Lipinski definition) is 1. The molecule has 0 saturated heterocycles. The molecule has 1 heterocycles. The third-order valence-corrected chi connectivity index (χ3v) is 4.41. The second-order valence-electron chi connectivity index (χ2n) is 5.41. The molecule has 0 bridgehead atoms. The average molecular weight is 350 g/mol. The first-order valence-corrected chi connectivity index (χ1v) is 7.71. The number of aromatic nitrogens is 2. The minimum Gasteiger partial charge on any atom is -0.423 e. The van der Waals surface area contributed by atoms with Crippen LogP contribution in [-0.4, -0.2) is 16.1 Å². The van der Waals surface area contributed by atoms with E-state index in [1.807, 2.05) is 26.0 Å². The smallest absolute Gasteiger partial charge is 0.251 e. The Morgan fingerprint density at radius 2 is 2.10 bits per heavy atom. The minimum atomic E-state index is -0.130. The van der Waals surface area contributed by atoms with Gasteiger partial charge in [-0.2, -0.15) is 0 Å². The molecule has 3 rings (SSSR count). The van der Waals surface area contributed by atoms with E-state index < -0.39 is 0 Å². The fourth-order valence-corrected chi connectivity index (χ4v) is 2.57. The number of nitrogens with zero attached hydrogens (tertiary/aromatic N) is 2. The van der Waals surface area contributed by atoms with Gasteiger partial charge in [0.15, 0.2) is 0 Å². The Bertz CT molecular complexity index is 692. The molecule has 6 heteroatoms. The highest BCUT2D eigenvalue weighted by atomic mass is 79.9. The van der Waals surface area contributed by atoms with Gasteiger partial charge < -0.3 is 9.73 Å². The van der Waals surface area contributed by atoms with Crippen molar-refractivity contribution < 1.29 is 9.21 Å². The first-order chi connectivity index (χ1) is 10.0. The van der Waals surface area contributed by atoms with Gasteiger partial charge in [-0.25, -0.2) is 0 Å². The van der Waals surface area contributed by atoms with Gasteiger partial charge in [0.1, 0.15) is 0 Å². The highest BCUT2D eigenvalue weighted by molar-refractivity contribution is 9.10. The summed E-state index contributed by atoms with van der Waals surface area (Å²) < 4.78 is 6.52. The van der Waals surface area contributed by atoms with Gasteiger partial charge in [0.25, 0.3) is 5.91 Å². The topological polar surface area (TPSA) is 68.0 Å². The lowest BCUT2D eigenvalue weighted by atomic mass is 10.1. The van der Waals surface area contributed by atoms with E-state index in [1.165, 1.54) is 0 Å². The van der Waals surface area contributed by atoms with Crippen LogP contribution in [0.2, 0.25) is 0 Å². The van der Waals surface area contributed by atoms with E-state index in [9.17, 15) is 4.79 Å². The molecular weight excluding hydrogens is 334 g/mol. The molecule has 1 aromatic heterocycles. The fourth-order valence-electron chi connectivity index (χ4n) is 2.11. The Labute approximate surface area is 131 Å². The van der Waals surface area contributed by atoms with Gasteiger partial charge in [-0.05, 0) is 49.9 Å². The van der Waals surface area contributed by atoms with E-state index in [-0.39, 0.29) is 12.5 Å². The first kappa shape index (κ1) is 14.3. The van der Waals surface area contributed by atoms with Gasteiger partial charge in [-0.15, -0.1) is 10.2 Å². The standard InChI is InChI=1S/C15H16BrN3O2/c1-8-6-12(16)9(2)5-11(8)14(20)17-7-13-18-19-15(21-13)10-3-4-10/h5-6,10H,3-4,7H2,1-2H3,(H,17,20). The predicted octanol–water partition coefficient (Wildman–Crippen LogP) is 3.26. The van der Waals surface area contributed by atoms with Crippen molar-refractivity contribution in [2.45, 2.75) is 39.2 Å². The summed E-state index contributed by atoms with van der Waals surface area (Å²) in [4.78, 5) is 12.2. The van der Waals surface area contributed by atoms with Crippen molar-refractivity contribution in [3.63, 3.8) is 0 Å². The predicted molar refractivity (Wildman–Crippen MR) is 81.1 cm³/mol. The van der Waals surface area contributed by atoms with Gasteiger partial charge in [0.2, 0.25) is 11.8 Å². The van der Waals surface area contributed by atoms with Crippen LogP contribution in [-0.2, 0) is 6.54 Å². The highest BCUT2D eigenvalue weighted by Gasteiger charge is 2.29. The summed E-state index contributed by atoms with van der Waals surface area (Å²) in [6.07, 6.45) is 2.23. The van der Waals surface area contributed by atoms with Gasteiger partial charge in [0, 0.05) is 16.0 Å². The van der Waals surface area contributed by atoms with E-state index in [0.717, 1.165) is 28.4 Å². The van der Waals surface area contributed by atoms with Crippen molar-refractivity contribution >= 4 is 21.8 Å². The summed E-state index contributed by atoms with van der Waals surface area (Å²) in [6.45, 7) is 4.13. The Morgan fingerprint density at radius 3 is 2.81 bits per heavy atom. The van der Waals surface area contributed by atoms with Crippen LogP contribution in [0.4, 0.5) is 0 Å². The molecule has 1 aromatic carbocycles. The lowest BCUT2D eigenvalue weighted by Gasteiger charge is -2.08. The number of carbonyl (C=O) groups excluding carboxylic acids is 1. The maximum Gasteiger partial charge on any atom is 0.251 e. The van der Waals surface area contributed by atoms with Gasteiger partial charge in [0.05, 0.1) is 6.54 Å². The lowest BCUT2D eigenvalue weighted by molar-refractivity contribution is 0.0946. The molecule has 110 valence electrons. The van der Waals surface area contributed by atoms with Crippen LogP contribution >= 0.6 is 15.9 Å². The lowest BCUT2D eigenvalue weighted by Crippen LogP contribution is -2.24. The van der Waals surface area contributed by atoms with Gasteiger partial charge in [-0.3, -0.25) is 4.79 Å². The van der Waals surface area contributed by atoms with Crippen molar-refractivity contribution in [2.24, 2.45) is 0 Å². The SMILES string of the molecule is Cc1cc(C(=O)NCc2nnc(C3CC3)o2)c(C)cc1Br. The molecular formula is C15H16BrN3O2. The molecule has 1 saturated carbocycles. The maximum absolute atomic E-state index is 12.2. The Kier molecular flexibility index (Phi) is 3.80. The van der Waals surface area contributed by atoms with E-state index in [0.29, 0.717) is 23.3 Å². The molecule has 0 unspecified atom stereocenters. The summed E-state index contributed by atoms with van der Waals surface area (Å²) >= 11 is 3.46. The first-order valence-electron chi connectivity index (χ1n) is 6.92. The van der Waals surface area contributed by atoms with Gasteiger partial charge in [-0.1, -0.05) is 15.9 Å². The molecule has 1 aliphatic rings. The Morgan fingerprint density at radius 1 is 1.33 bits per heavy atom. The average Bonchev–Trinajstić information content (AvgIpc) is 3.19. The second kappa shape index (κ2) is 5.60. The van der Waals surface area contributed by atoms with Crippen molar-refractivity contribution in [2.75, 3.05) is 0 Å². The summed E-state index contributed by atoms with van der Waals surface area (Å²) in [5, 5.41) is 10.8. The summed E-state index contributed by atoms with van der Waals surface area (Å²) in [5.74, 6) is 1.44. The molecule has 1 aliphatic carbocycles. The number of hydrogen-bond acceptors (Lipinski definition) is 4. The number of aryl methyl sites for hydroxylation is 2. The zero-order valence-corrected chi connectivity index (χ0v) is 13.5. The molecule has 0 aliphatic heterocycles. The maximum atomic E-state index is 12.2. The van der Waals surface area contributed by atoms with Crippen molar-refractivity contribution in [3.05, 3.63) is 45.1 Å². The summed E-state index contributed by atoms with van der Waals surface area (Å²) in [7, 11) is 0.